The van der Waals surface area contributed by atoms with Crippen molar-refractivity contribution in [2.75, 3.05) is 6.54 Å². The predicted molar refractivity (Wildman–Crippen MR) is 80.8 cm³/mol. The van der Waals surface area contributed by atoms with Crippen LogP contribution in [0.1, 0.15) is 29.7 Å². The van der Waals surface area contributed by atoms with Crippen molar-refractivity contribution < 1.29 is 0 Å². The van der Waals surface area contributed by atoms with E-state index in [4.69, 9.17) is 0 Å². The van der Waals surface area contributed by atoms with Crippen LogP contribution in [0.2, 0.25) is 0 Å². The third kappa shape index (κ3) is 3.54. The summed E-state index contributed by atoms with van der Waals surface area (Å²) in [4.78, 5) is 15.8. The second-order valence-corrected chi connectivity index (χ2v) is 5.10. The van der Waals surface area contributed by atoms with Crippen molar-refractivity contribution in [2.45, 2.75) is 33.4 Å². The molecule has 1 aromatic heterocycles. The minimum absolute atomic E-state index is 0.0210. The second kappa shape index (κ2) is 6.48. The van der Waals surface area contributed by atoms with Crippen molar-refractivity contribution in [3.63, 3.8) is 0 Å². The summed E-state index contributed by atoms with van der Waals surface area (Å²) in [6, 6.07) is 8.09. The van der Waals surface area contributed by atoms with Crippen molar-refractivity contribution in [1.82, 2.24) is 14.9 Å². The summed E-state index contributed by atoms with van der Waals surface area (Å²) in [6.07, 6.45) is 3.12. The van der Waals surface area contributed by atoms with Gasteiger partial charge in [-0.05, 0) is 26.0 Å². The Hall–Kier alpha value is -1.94. The van der Waals surface area contributed by atoms with Crippen molar-refractivity contribution in [2.24, 2.45) is 0 Å². The Kier molecular flexibility index (Phi) is 4.69. The zero-order valence-corrected chi connectivity index (χ0v) is 12.3. The fraction of sp³-hybridized carbons (Fsp3) is 0.375. The molecule has 0 aliphatic rings. The maximum atomic E-state index is 11.8. The van der Waals surface area contributed by atoms with Crippen molar-refractivity contribution in [3.05, 3.63) is 63.8 Å². The van der Waals surface area contributed by atoms with Crippen LogP contribution in [0.15, 0.2) is 41.6 Å². The van der Waals surface area contributed by atoms with Gasteiger partial charge >= 0.3 is 0 Å². The molecule has 4 nitrogen and oxygen atoms in total. The summed E-state index contributed by atoms with van der Waals surface area (Å²) in [5, 5.41) is 3.44. The van der Waals surface area contributed by atoms with Gasteiger partial charge in [0.25, 0.3) is 5.56 Å². The van der Waals surface area contributed by atoms with E-state index in [1.165, 1.54) is 29.0 Å². The molecule has 106 valence electrons. The number of rotatable bonds is 5. The van der Waals surface area contributed by atoms with Crippen molar-refractivity contribution >= 4 is 0 Å². The lowest BCUT2D eigenvalue weighted by atomic mass is 10.0. The number of aromatic nitrogens is 2. The summed E-state index contributed by atoms with van der Waals surface area (Å²) in [5.74, 6) is 0. The third-order valence-electron chi connectivity index (χ3n) is 3.27. The topological polar surface area (TPSA) is 46.9 Å². The number of likely N-dealkylation sites (N-methyl/N-ethyl adjacent to an activating group) is 1. The van der Waals surface area contributed by atoms with Gasteiger partial charge in [-0.1, -0.05) is 36.2 Å². The van der Waals surface area contributed by atoms with E-state index in [9.17, 15) is 4.79 Å². The van der Waals surface area contributed by atoms with E-state index in [2.05, 4.69) is 49.3 Å². The molecule has 2 rings (SSSR count). The van der Waals surface area contributed by atoms with Gasteiger partial charge in [-0.3, -0.25) is 9.36 Å². The third-order valence-corrected chi connectivity index (χ3v) is 3.27. The first kappa shape index (κ1) is 14.5. The minimum Gasteiger partial charge on any atom is -0.309 e. The molecular weight excluding hydrogens is 250 g/mol. The molecule has 0 saturated carbocycles. The minimum atomic E-state index is -0.0210. The van der Waals surface area contributed by atoms with E-state index < -0.39 is 0 Å². The Bertz CT molecular complexity index is 613. The molecule has 20 heavy (non-hydrogen) atoms. The van der Waals surface area contributed by atoms with Gasteiger partial charge in [0.1, 0.15) is 0 Å². The Morgan fingerprint density at radius 1 is 1.25 bits per heavy atom. The van der Waals surface area contributed by atoms with Crippen LogP contribution in [0.4, 0.5) is 0 Å². The second-order valence-electron chi connectivity index (χ2n) is 5.10. The van der Waals surface area contributed by atoms with E-state index in [-0.39, 0.29) is 11.6 Å². The Morgan fingerprint density at radius 3 is 2.55 bits per heavy atom. The molecule has 0 fully saturated rings. The lowest BCUT2D eigenvalue weighted by Crippen LogP contribution is -2.30. The van der Waals surface area contributed by atoms with Crippen LogP contribution in [-0.2, 0) is 6.54 Å². The van der Waals surface area contributed by atoms with E-state index in [0.29, 0.717) is 6.54 Å². The fourth-order valence-corrected chi connectivity index (χ4v) is 2.46. The van der Waals surface area contributed by atoms with Crippen LogP contribution in [0, 0.1) is 13.8 Å². The quantitative estimate of drug-likeness (QED) is 0.907. The summed E-state index contributed by atoms with van der Waals surface area (Å²) in [7, 11) is 0. The van der Waals surface area contributed by atoms with Gasteiger partial charge in [-0.25, -0.2) is 4.98 Å². The monoisotopic (exact) mass is 271 g/mol. The normalized spacial score (nSPS) is 12.3. The van der Waals surface area contributed by atoms with Crippen LogP contribution in [0.25, 0.3) is 0 Å². The number of hydrogen-bond acceptors (Lipinski definition) is 3. The van der Waals surface area contributed by atoms with Gasteiger partial charge < -0.3 is 5.32 Å². The molecule has 0 aliphatic heterocycles. The Morgan fingerprint density at radius 2 is 1.95 bits per heavy atom. The molecule has 0 aliphatic carbocycles. The molecule has 1 heterocycles. The molecule has 1 N–H and O–H groups in total. The van der Waals surface area contributed by atoms with Gasteiger partial charge in [-0.2, -0.15) is 0 Å². The van der Waals surface area contributed by atoms with Crippen LogP contribution in [0.5, 0.6) is 0 Å². The summed E-state index contributed by atoms with van der Waals surface area (Å²) < 4.78 is 1.64. The van der Waals surface area contributed by atoms with Crippen LogP contribution in [-0.4, -0.2) is 16.1 Å². The van der Waals surface area contributed by atoms with Crippen molar-refractivity contribution in [3.8, 4) is 0 Å². The van der Waals surface area contributed by atoms with Gasteiger partial charge in [-0.15, -0.1) is 0 Å². The molecule has 0 saturated heterocycles. The molecule has 2 aromatic rings. The predicted octanol–water partition coefficient (Wildman–Crippen LogP) is 2.21. The summed E-state index contributed by atoms with van der Waals surface area (Å²) >= 11 is 0. The first-order valence-electron chi connectivity index (χ1n) is 6.92. The zero-order chi connectivity index (χ0) is 14.5. The highest BCUT2D eigenvalue weighted by Gasteiger charge is 2.12. The van der Waals surface area contributed by atoms with E-state index >= 15 is 0 Å². The van der Waals surface area contributed by atoms with Crippen LogP contribution in [0.3, 0.4) is 0 Å². The summed E-state index contributed by atoms with van der Waals surface area (Å²) in [6.45, 7) is 7.70. The average Bonchev–Trinajstić information content (AvgIpc) is 2.39. The molecule has 0 amide bonds. The molecule has 0 spiro atoms. The molecule has 4 heteroatoms. The lowest BCUT2D eigenvalue weighted by molar-refractivity contribution is 0.463. The van der Waals surface area contributed by atoms with Crippen LogP contribution >= 0.6 is 0 Å². The molecule has 1 aromatic carbocycles. The molecule has 1 unspecified atom stereocenters. The maximum Gasteiger partial charge on any atom is 0.253 e. The largest absolute Gasteiger partial charge is 0.309 e. The Labute approximate surface area is 119 Å². The smallest absolute Gasteiger partial charge is 0.253 e. The zero-order valence-electron chi connectivity index (χ0n) is 12.3. The number of benzene rings is 1. The summed E-state index contributed by atoms with van der Waals surface area (Å²) in [5.41, 5.74) is 3.66. The van der Waals surface area contributed by atoms with Gasteiger partial charge in [0.05, 0.1) is 12.4 Å². The number of hydrogen-bond donors (Lipinski definition) is 1. The first-order valence-corrected chi connectivity index (χ1v) is 6.92. The van der Waals surface area contributed by atoms with E-state index in [1.54, 1.807) is 10.9 Å². The van der Waals surface area contributed by atoms with Gasteiger partial charge in [0, 0.05) is 18.8 Å². The number of nitrogens with zero attached hydrogens (tertiary/aromatic N) is 2. The number of nitrogens with one attached hydrogen (secondary N) is 1. The molecule has 0 bridgehead atoms. The lowest BCUT2D eigenvalue weighted by Gasteiger charge is -2.20. The highest BCUT2D eigenvalue weighted by Crippen LogP contribution is 2.18. The van der Waals surface area contributed by atoms with Crippen molar-refractivity contribution in [1.29, 1.82) is 0 Å². The highest BCUT2D eigenvalue weighted by atomic mass is 16.1. The highest BCUT2D eigenvalue weighted by molar-refractivity contribution is 5.30. The fourth-order valence-electron chi connectivity index (χ4n) is 2.46. The first-order chi connectivity index (χ1) is 9.60. The van der Waals surface area contributed by atoms with Gasteiger partial charge in [0.2, 0.25) is 0 Å². The number of aryl methyl sites for hydroxylation is 2. The molecular formula is C16H21N3O. The Balaban J connectivity index is 2.31. The average molecular weight is 271 g/mol. The maximum absolute atomic E-state index is 11.8. The van der Waals surface area contributed by atoms with E-state index in [1.807, 2.05) is 0 Å². The molecule has 0 radical (unpaired) electrons. The molecule has 1 atom stereocenters. The van der Waals surface area contributed by atoms with E-state index in [0.717, 1.165) is 6.54 Å². The van der Waals surface area contributed by atoms with Gasteiger partial charge in [0.15, 0.2) is 0 Å². The SMILES string of the molecule is CCNC(Cn1cnccc1=O)c1cc(C)cc(C)c1. The van der Waals surface area contributed by atoms with Crippen LogP contribution < -0.4 is 10.9 Å². The standard InChI is InChI=1S/C16H21N3O/c1-4-18-15(10-19-11-17-6-5-16(19)20)14-8-12(2)7-13(3)9-14/h5-9,11,15,18H,4,10H2,1-3H3.